The number of rotatable bonds is 5. The van der Waals surface area contributed by atoms with E-state index in [-0.39, 0.29) is 5.91 Å². The fraction of sp³-hybridized carbons (Fsp3) is 0.438. The van der Waals surface area contributed by atoms with Crippen LogP contribution < -0.4 is 5.32 Å². The van der Waals surface area contributed by atoms with Gasteiger partial charge in [-0.05, 0) is 40.7 Å². The zero-order chi connectivity index (χ0) is 16.3. The molecule has 1 N–H and O–H groups in total. The van der Waals surface area contributed by atoms with E-state index in [9.17, 15) is 4.79 Å². The van der Waals surface area contributed by atoms with E-state index in [4.69, 9.17) is 0 Å². The van der Waals surface area contributed by atoms with Crippen LogP contribution in [0.2, 0.25) is 0 Å². The first-order valence-corrected chi connectivity index (χ1v) is 7.53. The Morgan fingerprint density at radius 3 is 2.41 bits per heavy atom. The van der Waals surface area contributed by atoms with E-state index < -0.39 is 0 Å². The zero-order valence-corrected chi connectivity index (χ0v) is 13.8. The first-order valence-electron chi connectivity index (χ1n) is 7.53. The van der Waals surface area contributed by atoms with E-state index in [1.807, 2.05) is 44.0 Å². The molecule has 0 saturated heterocycles. The van der Waals surface area contributed by atoms with E-state index in [1.54, 1.807) is 12.3 Å². The molecule has 2 aromatic rings. The van der Waals surface area contributed by atoms with Crippen molar-refractivity contribution >= 4 is 17.7 Å². The minimum atomic E-state index is -0.162. The van der Waals surface area contributed by atoms with Crippen LogP contribution in [0.1, 0.15) is 36.5 Å². The first kappa shape index (κ1) is 16.0. The zero-order valence-electron chi connectivity index (χ0n) is 13.8. The molecule has 0 saturated carbocycles. The van der Waals surface area contributed by atoms with Gasteiger partial charge in [0, 0.05) is 30.4 Å². The number of amides is 1. The number of anilines is 1. The number of nitrogens with one attached hydrogen (secondary N) is 1. The number of carbonyl (C=O) groups excluding carboxylic acids is 1. The lowest BCUT2D eigenvalue weighted by atomic mass is 10.2. The summed E-state index contributed by atoms with van der Waals surface area (Å²) in [5.74, 6) is -0.162. The predicted molar refractivity (Wildman–Crippen MR) is 87.7 cm³/mol. The molecule has 2 aromatic heterocycles. The van der Waals surface area contributed by atoms with Crippen LogP contribution in [0.4, 0.5) is 5.69 Å². The summed E-state index contributed by atoms with van der Waals surface area (Å²) in [6.45, 7) is 11.5. The van der Waals surface area contributed by atoms with E-state index in [0.29, 0.717) is 0 Å². The summed E-state index contributed by atoms with van der Waals surface area (Å²) in [5, 5.41) is 11.6. The van der Waals surface area contributed by atoms with Crippen molar-refractivity contribution in [1.29, 1.82) is 0 Å². The molecule has 6 heteroatoms. The highest BCUT2D eigenvalue weighted by Crippen LogP contribution is 2.19. The van der Waals surface area contributed by atoms with Gasteiger partial charge in [0.25, 0.3) is 0 Å². The van der Waals surface area contributed by atoms with Gasteiger partial charge in [0.15, 0.2) is 0 Å². The van der Waals surface area contributed by atoms with Gasteiger partial charge in [0.05, 0.1) is 23.3 Å². The summed E-state index contributed by atoms with van der Waals surface area (Å²) in [4.78, 5) is 12.1. The van der Waals surface area contributed by atoms with Crippen LogP contribution in [0.5, 0.6) is 0 Å². The summed E-state index contributed by atoms with van der Waals surface area (Å²) in [6, 6.07) is 0. The average molecular weight is 301 g/mol. The fourth-order valence-corrected chi connectivity index (χ4v) is 2.46. The third-order valence-corrected chi connectivity index (χ3v) is 3.78. The lowest BCUT2D eigenvalue weighted by Gasteiger charge is -2.03. The molecule has 0 radical (unpaired) electrons. The second kappa shape index (κ2) is 6.60. The molecule has 0 bridgehead atoms. The Bertz CT molecular complexity index is 708. The summed E-state index contributed by atoms with van der Waals surface area (Å²) in [7, 11) is 0. The van der Waals surface area contributed by atoms with Crippen LogP contribution in [0.3, 0.4) is 0 Å². The summed E-state index contributed by atoms with van der Waals surface area (Å²) < 4.78 is 3.78. The molecule has 22 heavy (non-hydrogen) atoms. The Morgan fingerprint density at radius 1 is 1.18 bits per heavy atom. The lowest BCUT2D eigenvalue weighted by molar-refractivity contribution is -0.111. The van der Waals surface area contributed by atoms with Gasteiger partial charge in [-0.25, -0.2) is 0 Å². The molecule has 2 rings (SSSR count). The Kier molecular flexibility index (Phi) is 4.80. The van der Waals surface area contributed by atoms with Crippen LogP contribution in [0, 0.1) is 20.8 Å². The van der Waals surface area contributed by atoms with Gasteiger partial charge in [-0.3, -0.25) is 14.2 Å². The highest BCUT2D eigenvalue weighted by molar-refractivity contribution is 6.02. The second-order valence-electron chi connectivity index (χ2n) is 5.19. The molecule has 0 aliphatic heterocycles. The van der Waals surface area contributed by atoms with Crippen LogP contribution in [0.15, 0.2) is 12.3 Å². The van der Waals surface area contributed by atoms with Crippen molar-refractivity contribution in [3.8, 4) is 0 Å². The van der Waals surface area contributed by atoms with Crippen molar-refractivity contribution in [2.75, 3.05) is 5.32 Å². The van der Waals surface area contributed by atoms with Gasteiger partial charge in [-0.1, -0.05) is 0 Å². The average Bonchev–Trinajstić information content (AvgIpc) is 2.99. The molecule has 0 unspecified atom stereocenters. The number of nitrogens with zero attached hydrogens (tertiary/aromatic N) is 4. The maximum Gasteiger partial charge on any atom is 0.248 e. The Balaban J connectivity index is 2.11. The molecular weight excluding hydrogens is 278 g/mol. The summed E-state index contributed by atoms with van der Waals surface area (Å²) in [5.41, 5.74) is 4.60. The normalized spacial score (nSPS) is 11.3. The van der Waals surface area contributed by atoms with Crippen LogP contribution >= 0.6 is 0 Å². The Labute approximate surface area is 130 Å². The van der Waals surface area contributed by atoms with Gasteiger partial charge < -0.3 is 5.32 Å². The van der Waals surface area contributed by atoms with Gasteiger partial charge in [-0.2, -0.15) is 10.2 Å². The third-order valence-electron chi connectivity index (χ3n) is 3.78. The molecule has 0 atom stereocenters. The molecular formula is C16H23N5O. The van der Waals surface area contributed by atoms with Crippen LogP contribution in [-0.2, 0) is 17.9 Å². The SMILES string of the molecule is CCn1ncc(/C=C/C(=O)Nc2c(C)nn(CC)c2C)c1C. The maximum absolute atomic E-state index is 12.1. The third kappa shape index (κ3) is 3.10. The van der Waals surface area contributed by atoms with E-state index in [1.165, 1.54) is 6.08 Å². The van der Waals surface area contributed by atoms with E-state index in [0.717, 1.165) is 41.4 Å². The summed E-state index contributed by atoms with van der Waals surface area (Å²) in [6.07, 6.45) is 5.10. The number of hydrogen-bond donors (Lipinski definition) is 1. The van der Waals surface area contributed by atoms with Crippen LogP contribution in [0.25, 0.3) is 6.08 Å². The lowest BCUT2D eigenvalue weighted by Crippen LogP contribution is -2.09. The fourth-order valence-electron chi connectivity index (χ4n) is 2.46. The van der Waals surface area contributed by atoms with Crippen molar-refractivity contribution in [2.45, 2.75) is 47.7 Å². The van der Waals surface area contributed by atoms with Crippen LogP contribution in [-0.4, -0.2) is 25.5 Å². The Hall–Kier alpha value is -2.37. The number of hydrogen-bond acceptors (Lipinski definition) is 3. The van der Waals surface area contributed by atoms with Crippen molar-refractivity contribution in [1.82, 2.24) is 19.6 Å². The van der Waals surface area contributed by atoms with Gasteiger partial charge in [0.2, 0.25) is 5.91 Å². The number of aryl methyl sites for hydroxylation is 3. The number of carbonyl (C=O) groups is 1. The minimum absolute atomic E-state index is 0.162. The standard InChI is InChI=1S/C16H23N5O/c1-6-20-12(4)14(10-17-20)8-9-15(22)18-16-11(3)19-21(7-2)13(16)5/h8-10H,6-7H2,1-5H3,(H,18,22)/b9-8+. The molecule has 0 aliphatic rings. The second-order valence-corrected chi connectivity index (χ2v) is 5.19. The molecule has 0 spiro atoms. The quantitative estimate of drug-likeness (QED) is 0.864. The maximum atomic E-state index is 12.1. The molecule has 2 heterocycles. The highest BCUT2D eigenvalue weighted by Gasteiger charge is 2.12. The first-order chi connectivity index (χ1) is 10.5. The molecule has 0 fully saturated rings. The Morgan fingerprint density at radius 2 is 1.86 bits per heavy atom. The molecule has 1 amide bonds. The van der Waals surface area contributed by atoms with Crippen molar-refractivity contribution in [2.24, 2.45) is 0 Å². The summed E-state index contributed by atoms with van der Waals surface area (Å²) >= 11 is 0. The molecule has 0 aliphatic carbocycles. The largest absolute Gasteiger partial charge is 0.319 e. The molecule has 6 nitrogen and oxygen atoms in total. The topological polar surface area (TPSA) is 64.7 Å². The molecule has 0 aromatic carbocycles. The van der Waals surface area contributed by atoms with Gasteiger partial charge in [-0.15, -0.1) is 0 Å². The molecule has 118 valence electrons. The monoisotopic (exact) mass is 301 g/mol. The van der Waals surface area contributed by atoms with Crippen molar-refractivity contribution in [3.63, 3.8) is 0 Å². The number of aromatic nitrogens is 4. The highest BCUT2D eigenvalue weighted by atomic mass is 16.1. The minimum Gasteiger partial charge on any atom is -0.319 e. The van der Waals surface area contributed by atoms with Crippen molar-refractivity contribution in [3.05, 3.63) is 34.9 Å². The van der Waals surface area contributed by atoms with Gasteiger partial charge in [0.1, 0.15) is 0 Å². The van der Waals surface area contributed by atoms with E-state index >= 15 is 0 Å². The van der Waals surface area contributed by atoms with E-state index in [2.05, 4.69) is 15.5 Å². The smallest absolute Gasteiger partial charge is 0.248 e. The van der Waals surface area contributed by atoms with Gasteiger partial charge >= 0.3 is 0 Å². The van der Waals surface area contributed by atoms with Crippen molar-refractivity contribution < 1.29 is 4.79 Å². The predicted octanol–water partition coefficient (Wildman–Crippen LogP) is 2.70.